The normalized spacial score (nSPS) is 13.1. The van der Waals surface area contributed by atoms with Gasteiger partial charge in [-0.3, -0.25) is 14.4 Å². The molecule has 0 saturated carbocycles. The van der Waals surface area contributed by atoms with Crippen LogP contribution in [0, 0.1) is 6.92 Å². The Morgan fingerprint density at radius 3 is 2.13 bits per heavy atom. The summed E-state index contributed by atoms with van der Waals surface area (Å²) in [6.45, 7) is 3.61. The van der Waals surface area contributed by atoms with Gasteiger partial charge < -0.3 is 21.1 Å². The molecule has 3 aromatic rings. The van der Waals surface area contributed by atoms with Crippen LogP contribution in [0.2, 0.25) is 5.02 Å². The minimum Gasteiger partial charge on any atom is -0.391 e. The fraction of sp³-hybridized carbons (Fsp3) is 0.323. The third-order valence-electron chi connectivity index (χ3n) is 6.57. The van der Waals surface area contributed by atoms with Gasteiger partial charge in [-0.25, -0.2) is 0 Å². The lowest BCUT2D eigenvalue weighted by Gasteiger charge is -2.25. The van der Waals surface area contributed by atoms with Gasteiger partial charge in [0.25, 0.3) is 0 Å². The molecule has 0 aromatic heterocycles. The molecule has 8 heteroatoms. The molecule has 7 nitrogen and oxygen atoms in total. The summed E-state index contributed by atoms with van der Waals surface area (Å²) in [6.07, 6.45) is 0.396. The third-order valence-corrected chi connectivity index (χ3v) is 6.94. The van der Waals surface area contributed by atoms with E-state index in [1.165, 1.54) is 6.92 Å². The van der Waals surface area contributed by atoms with Gasteiger partial charge in [-0.1, -0.05) is 84.4 Å². The molecule has 3 aromatic carbocycles. The van der Waals surface area contributed by atoms with Crippen LogP contribution < -0.4 is 16.0 Å². The molecule has 3 amide bonds. The number of rotatable bonds is 13. The molecule has 0 fully saturated rings. The van der Waals surface area contributed by atoms with E-state index in [0.717, 1.165) is 22.3 Å². The summed E-state index contributed by atoms with van der Waals surface area (Å²) in [5, 5.41) is 19.1. The summed E-state index contributed by atoms with van der Waals surface area (Å²) in [7, 11) is 0. The Labute approximate surface area is 235 Å². The SMILES string of the molecule is Cc1ccccc1CCC(=O)N[C@H](C(=O)N[C@@H](CCc1ccccc1)C(=O)NCc1ccccc1Cl)[C@@H](C)O. The van der Waals surface area contributed by atoms with E-state index in [2.05, 4.69) is 16.0 Å². The first-order chi connectivity index (χ1) is 18.7. The quantitative estimate of drug-likeness (QED) is 0.259. The molecule has 4 N–H and O–H groups in total. The van der Waals surface area contributed by atoms with Crippen molar-refractivity contribution in [2.45, 2.75) is 64.3 Å². The van der Waals surface area contributed by atoms with E-state index >= 15 is 0 Å². The number of aryl methyl sites for hydroxylation is 3. The summed E-state index contributed by atoms with van der Waals surface area (Å²) >= 11 is 6.22. The number of hydrogen-bond donors (Lipinski definition) is 4. The molecule has 3 rings (SSSR count). The zero-order valence-corrected chi connectivity index (χ0v) is 23.1. The largest absolute Gasteiger partial charge is 0.391 e. The summed E-state index contributed by atoms with van der Waals surface area (Å²) < 4.78 is 0. The molecule has 3 atom stereocenters. The van der Waals surface area contributed by atoms with Crippen molar-refractivity contribution in [2.75, 3.05) is 0 Å². The highest BCUT2D eigenvalue weighted by Crippen LogP contribution is 2.15. The van der Waals surface area contributed by atoms with Gasteiger partial charge in [0.05, 0.1) is 6.10 Å². The van der Waals surface area contributed by atoms with Gasteiger partial charge in [-0.05, 0) is 61.4 Å². The van der Waals surface area contributed by atoms with E-state index in [4.69, 9.17) is 11.6 Å². The van der Waals surface area contributed by atoms with Crippen molar-refractivity contribution in [3.05, 3.63) is 106 Å². The Kier molecular flexibility index (Phi) is 11.5. The fourth-order valence-electron chi connectivity index (χ4n) is 4.22. The number of amides is 3. The smallest absolute Gasteiger partial charge is 0.245 e. The van der Waals surface area contributed by atoms with Gasteiger partial charge in [0.1, 0.15) is 12.1 Å². The average Bonchev–Trinajstić information content (AvgIpc) is 2.93. The van der Waals surface area contributed by atoms with E-state index in [1.54, 1.807) is 6.07 Å². The Bertz CT molecular complexity index is 1250. The summed E-state index contributed by atoms with van der Waals surface area (Å²) in [4.78, 5) is 39.1. The van der Waals surface area contributed by atoms with E-state index in [0.29, 0.717) is 24.3 Å². The average molecular weight is 550 g/mol. The topological polar surface area (TPSA) is 108 Å². The third kappa shape index (κ3) is 9.53. The van der Waals surface area contributed by atoms with E-state index in [9.17, 15) is 19.5 Å². The zero-order chi connectivity index (χ0) is 28.2. The molecule has 206 valence electrons. The molecule has 0 heterocycles. The van der Waals surface area contributed by atoms with Crippen LogP contribution in [0.25, 0.3) is 0 Å². The van der Waals surface area contributed by atoms with Crippen molar-refractivity contribution in [3.8, 4) is 0 Å². The fourth-order valence-corrected chi connectivity index (χ4v) is 4.43. The van der Waals surface area contributed by atoms with Crippen LogP contribution in [0.4, 0.5) is 0 Å². The number of carbonyl (C=O) groups excluding carboxylic acids is 3. The molecular weight excluding hydrogens is 514 g/mol. The van der Waals surface area contributed by atoms with E-state index in [-0.39, 0.29) is 24.8 Å². The van der Waals surface area contributed by atoms with Crippen LogP contribution in [0.5, 0.6) is 0 Å². The Morgan fingerprint density at radius 1 is 0.821 bits per heavy atom. The van der Waals surface area contributed by atoms with Crippen LogP contribution in [-0.2, 0) is 33.8 Å². The Morgan fingerprint density at radius 2 is 1.46 bits per heavy atom. The molecule has 39 heavy (non-hydrogen) atoms. The lowest BCUT2D eigenvalue weighted by Crippen LogP contribution is -2.57. The zero-order valence-electron chi connectivity index (χ0n) is 22.3. The van der Waals surface area contributed by atoms with Gasteiger partial charge in [-0.2, -0.15) is 0 Å². The van der Waals surface area contributed by atoms with Crippen molar-refractivity contribution >= 4 is 29.3 Å². The van der Waals surface area contributed by atoms with E-state index in [1.807, 2.05) is 79.7 Å². The van der Waals surface area contributed by atoms with E-state index < -0.39 is 24.1 Å². The van der Waals surface area contributed by atoms with Crippen molar-refractivity contribution in [1.82, 2.24) is 16.0 Å². The first-order valence-electron chi connectivity index (χ1n) is 13.1. The molecule has 0 aliphatic heterocycles. The number of carbonyl (C=O) groups is 3. The van der Waals surface area contributed by atoms with Gasteiger partial charge in [0, 0.05) is 18.0 Å². The van der Waals surface area contributed by atoms with Crippen LogP contribution in [0.15, 0.2) is 78.9 Å². The van der Waals surface area contributed by atoms with Gasteiger partial charge in [0.15, 0.2) is 0 Å². The second kappa shape index (κ2) is 15.0. The lowest BCUT2D eigenvalue weighted by molar-refractivity contribution is -0.134. The Balaban J connectivity index is 1.65. The van der Waals surface area contributed by atoms with Crippen molar-refractivity contribution in [2.24, 2.45) is 0 Å². The molecule has 0 bridgehead atoms. The molecule has 0 aliphatic carbocycles. The molecule has 0 aliphatic rings. The summed E-state index contributed by atoms with van der Waals surface area (Å²) in [5.74, 6) is -1.36. The maximum atomic E-state index is 13.2. The second-order valence-electron chi connectivity index (χ2n) is 9.61. The van der Waals surface area contributed by atoms with Crippen LogP contribution in [0.1, 0.15) is 42.0 Å². The minimum atomic E-state index is -1.20. The number of aliphatic hydroxyl groups excluding tert-OH is 1. The monoisotopic (exact) mass is 549 g/mol. The predicted molar refractivity (Wildman–Crippen MR) is 153 cm³/mol. The highest BCUT2D eigenvalue weighted by Gasteiger charge is 2.29. The minimum absolute atomic E-state index is 0.164. The molecule has 0 spiro atoms. The second-order valence-corrected chi connectivity index (χ2v) is 10.0. The first-order valence-corrected chi connectivity index (χ1v) is 13.5. The summed E-state index contributed by atoms with van der Waals surface area (Å²) in [5.41, 5.74) is 3.90. The van der Waals surface area contributed by atoms with Crippen LogP contribution >= 0.6 is 11.6 Å². The highest BCUT2D eigenvalue weighted by atomic mass is 35.5. The first kappa shape index (κ1) is 29.9. The number of hydrogen-bond acceptors (Lipinski definition) is 4. The number of halogens is 1. The molecule has 0 saturated heterocycles. The maximum absolute atomic E-state index is 13.2. The lowest BCUT2D eigenvalue weighted by atomic mass is 10.0. The molecule has 0 radical (unpaired) electrons. The van der Waals surface area contributed by atoms with Gasteiger partial charge in [0.2, 0.25) is 17.7 Å². The predicted octanol–water partition coefficient (Wildman–Crippen LogP) is 3.88. The summed E-state index contributed by atoms with van der Waals surface area (Å²) in [6, 6.07) is 22.5. The van der Waals surface area contributed by atoms with Crippen molar-refractivity contribution in [1.29, 1.82) is 0 Å². The number of benzene rings is 3. The number of aliphatic hydroxyl groups is 1. The molecular formula is C31H36ClN3O4. The molecule has 0 unspecified atom stereocenters. The highest BCUT2D eigenvalue weighted by molar-refractivity contribution is 6.31. The van der Waals surface area contributed by atoms with Gasteiger partial charge >= 0.3 is 0 Å². The maximum Gasteiger partial charge on any atom is 0.245 e. The standard InChI is InChI=1S/C31H36ClN3O4/c1-21-10-6-7-13-24(21)17-19-28(37)35-29(22(2)36)31(39)34-27(18-16-23-11-4-3-5-12-23)30(38)33-20-25-14-8-9-15-26(25)32/h3-15,22,27,29,36H,16-20H2,1-2H3,(H,33,38)(H,34,39)(H,35,37)/t22-,27+,29+/m1/s1. The number of nitrogens with one attached hydrogen (secondary N) is 3. The Hall–Kier alpha value is -3.68. The van der Waals surface area contributed by atoms with Crippen LogP contribution in [-0.4, -0.2) is 41.0 Å². The van der Waals surface area contributed by atoms with Crippen molar-refractivity contribution < 1.29 is 19.5 Å². The van der Waals surface area contributed by atoms with Gasteiger partial charge in [-0.15, -0.1) is 0 Å². The van der Waals surface area contributed by atoms with Crippen molar-refractivity contribution in [3.63, 3.8) is 0 Å². The van der Waals surface area contributed by atoms with Crippen LogP contribution in [0.3, 0.4) is 0 Å².